The first-order chi connectivity index (χ1) is 10.2. The summed E-state index contributed by atoms with van der Waals surface area (Å²) >= 11 is 1.72. The highest BCUT2D eigenvalue weighted by Crippen LogP contribution is 2.34. The topological polar surface area (TPSA) is 52.2 Å². The van der Waals surface area contributed by atoms with Crippen LogP contribution in [0.4, 0.5) is 5.95 Å². The highest BCUT2D eigenvalue weighted by atomic mass is 32.1. The summed E-state index contributed by atoms with van der Waals surface area (Å²) < 4.78 is 0. The Labute approximate surface area is 127 Å². The lowest BCUT2D eigenvalue weighted by atomic mass is 9.97. The predicted molar refractivity (Wildman–Crippen MR) is 86.6 cm³/mol. The molecule has 1 aliphatic carbocycles. The molecule has 3 heterocycles. The first-order valence-electron chi connectivity index (χ1n) is 7.70. The van der Waals surface area contributed by atoms with Gasteiger partial charge in [0, 0.05) is 31.1 Å². The molecule has 0 bridgehead atoms. The number of aromatic amines is 1. The molecule has 0 saturated carbocycles. The van der Waals surface area contributed by atoms with Gasteiger partial charge in [-0.25, -0.2) is 4.98 Å². The number of H-pyrrole nitrogens is 1. The van der Waals surface area contributed by atoms with Crippen LogP contribution in [0.15, 0.2) is 4.79 Å². The molecule has 1 N–H and O–H groups in total. The van der Waals surface area contributed by atoms with Crippen molar-refractivity contribution in [3.8, 4) is 0 Å². The number of aryl methyl sites for hydroxylation is 2. The van der Waals surface area contributed by atoms with E-state index in [1.807, 2.05) is 0 Å². The largest absolute Gasteiger partial charge is 0.340 e. The lowest BCUT2D eigenvalue weighted by Gasteiger charge is -2.32. The number of anilines is 1. The third-order valence-electron chi connectivity index (χ3n) is 4.62. The number of likely N-dealkylation sites (N-methyl/N-ethyl adjacent to an activating group) is 1. The van der Waals surface area contributed by atoms with Crippen molar-refractivity contribution in [2.75, 3.05) is 38.1 Å². The van der Waals surface area contributed by atoms with Crippen LogP contribution in [0.2, 0.25) is 0 Å². The molecule has 0 radical (unpaired) electrons. The lowest BCUT2D eigenvalue weighted by molar-refractivity contribution is 0.311. The second-order valence-corrected chi connectivity index (χ2v) is 7.15. The van der Waals surface area contributed by atoms with Crippen molar-refractivity contribution in [1.29, 1.82) is 0 Å². The van der Waals surface area contributed by atoms with Crippen LogP contribution >= 0.6 is 11.3 Å². The van der Waals surface area contributed by atoms with Gasteiger partial charge in [-0.15, -0.1) is 11.3 Å². The fourth-order valence-electron chi connectivity index (χ4n) is 3.32. The Balaban J connectivity index is 1.77. The Morgan fingerprint density at radius 2 is 1.90 bits per heavy atom. The number of hydrogen-bond donors (Lipinski definition) is 1. The molecule has 21 heavy (non-hydrogen) atoms. The van der Waals surface area contributed by atoms with Crippen molar-refractivity contribution in [3.63, 3.8) is 0 Å². The van der Waals surface area contributed by atoms with Gasteiger partial charge in [0.05, 0.1) is 5.39 Å². The number of aromatic nitrogens is 2. The van der Waals surface area contributed by atoms with Crippen LogP contribution in [-0.2, 0) is 12.8 Å². The first-order valence-corrected chi connectivity index (χ1v) is 8.52. The minimum atomic E-state index is 0.0494. The van der Waals surface area contributed by atoms with Gasteiger partial charge in [-0.1, -0.05) is 0 Å². The van der Waals surface area contributed by atoms with E-state index in [2.05, 4.69) is 21.8 Å². The Hall–Kier alpha value is -1.40. The number of nitrogens with zero attached hydrogens (tertiary/aromatic N) is 3. The molecule has 112 valence electrons. The maximum Gasteiger partial charge on any atom is 0.261 e. The summed E-state index contributed by atoms with van der Waals surface area (Å²) in [4.78, 5) is 27.1. The number of thiophene rings is 1. The van der Waals surface area contributed by atoms with Gasteiger partial charge in [-0.05, 0) is 38.3 Å². The summed E-state index contributed by atoms with van der Waals surface area (Å²) in [6, 6.07) is 0. The molecule has 6 heteroatoms. The van der Waals surface area contributed by atoms with Crippen LogP contribution in [0, 0.1) is 0 Å². The molecular weight excluding hydrogens is 284 g/mol. The number of rotatable bonds is 1. The molecule has 2 aromatic rings. The smallest absolute Gasteiger partial charge is 0.261 e. The van der Waals surface area contributed by atoms with Crippen molar-refractivity contribution in [2.24, 2.45) is 0 Å². The maximum atomic E-state index is 12.5. The number of nitrogens with one attached hydrogen (secondary N) is 1. The van der Waals surface area contributed by atoms with Gasteiger partial charge in [0.25, 0.3) is 5.56 Å². The van der Waals surface area contributed by atoms with Gasteiger partial charge >= 0.3 is 0 Å². The van der Waals surface area contributed by atoms with E-state index in [1.54, 1.807) is 11.3 Å². The van der Waals surface area contributed by atoms with E-state index in [-0.39, 0.29) is 5.56 Å². The van der Waals surface area contributed by atoms with Crippen LogP contribution in [0.3, 0.4) is 0 Å². The summed E-state index contributed by atoms with van der Waals surface area (Å²) in [5.74, 6) is 0.749. The standard InChI is InChI=1S/C15H20N4OS/c1-18-6-8-19(9-7-18)15-16-13(20)12-10-4-2-3-5-11(10)21-14(12)17-15/h2-9H2,1H3,(H,16,17,20). The van der Waals surface area contributed by atoms with Crippen molar-refractivity contribution in [2.45, 2.75) is 25.7 Å². The number of hydrogen-bond acceptors (Lipinski definition) is 5. The minimum Gasteiger partial charge on any atom is -0.340 e. The molecule has 1 saturated heterocycles. The fraction of sp³-hybridized carbons (Fsp3) is 0.600. The zero-order valence-electron chi connectivity index (χ0n) is 12.3. The monoisotopic (exact) mass is 304 g/mol. The lowest BCUT2D eigenvalue weighted by Crippen LogP contribution is -2.45. The summed E-state index contributed by atoms with van der Waals surface area (Å²) in [5, 5.41) is 0.854. The average molecular weight is 304 g/mol. The van der Waals surface area contributed by atoms with E-state index < -0.39 is 0 Å². The first kappa shape index (κ1) is 13.3. The van der Waals surface area contributed by atoms with Crippen LogP contribution in [0.1, 0.15) is 23.3 Å². The van der Waals surface area contributed by atoms with Crippen molar-refractivity contribution >= 4 is 27.5 Å². The van der Waals surface area contributed by atoms with Gasteiger partial charge in [-0.2, -0.15) is 0 Å². The summed E-state index contributed by atoms with van der Waals surface area (Å²) in [5.41, 5.74) is 1.31. The Kier molecular flexibility index (Phi) is 3.23. The van der Waals surface area contributed by atoms with Gasteiger partial charge in [0.15, 0.2) is 0 Å². The molecule has 0 amide bonds. The van der Waals surface area contributed by atoms with Crippen molar-refractivity contribution in [3.05, 3.63) is 20.8 Å². The SMILES string of the molecule is CN1CCN(c2nc3sc4c(c3c(=O)[nH]2)CCCC4)CC1. The Morgan fingerprint density at radius 3 is 2.71 bits per heavy atom. The van der Waals surface area contributed by atoms with Gasteiger partial charge in [0.2, 0.25) is 5.95 Å². The van der Waals surface area contributed by atoms with E-state index in [9.17, 15) is 4.79 Å². The molecule has 1 fully saturated rings. The van der Waals surface area contributed by atoms with E-state index in [1.165, 1.54) is 23.3 Å². The van der Waals surface area contributed by atoms with Crippen molar-refractivity contribution in [1.82, 2.24) is 14.9 Å². The third-order valence-corrected chi connectivity index (χ3v) is 5.80. The number of piperazine rings is 1. The zero-order chi connectivity index (χ0) is 14.4. The zero-order valence-corrected chi connectivity index (χ0v) is 13.1. The predicted octanol–water partition coefficient (Wildman–Crippen LogP) is 1.62. The summed E-state index contributed by atoms with van der Waals surface area (Å²) in [6.07, 6.45) is 4.58. The third kappa shape index (κ3) is 2.26. The molecule has 0 atom stereocenters. The van der Waals surface area contributed by atoms with E-state index in [0.29, 0.717) is 0 Å². The molecule has 0 unspecified atom stereocenters. The normalized spacial score (nSPS) is 20.0. The van der Waals surface area contributed by atoms with Gasteiger partial charge in [-0.3, -0.25) is 9.78 Å². The molecule has 2 aromatic heterocycles. The average Bonchev–Trinajstić information content (AvgIpc) is 2.86. The van der Waals surface area contributed by atoms with Gasteiger partial charge in [0.1, 0.15) is 4.83 Å². The van der Waals surface area contributed by atoms with Crippen LogP contribution in [0.5, 0.6) is 0 Å². The number of fused-ring (bicyclic) bond motifs is 3. The highest BCUT2D eigenvalue weighted by Gasteiger charge is 2.22. The highest BCUT2D eigenvalue weighted by molar-refractivity contribution is 7.18. The minimum absolute atomic E-state index is 0.0494. The van der Waals surface area contributed by atoms with Crippen molar-refractivity contribution < 1.29 is 0 Å². The molecule has 0 spiro atoms. The summed E-state index contributed by atoms with van der Waals surface area (Å²) in [7, 11) is 2.13. The molecule has 0 aromatic carbocycles. The van der Waals surface area contributed by atoms with Crippen LogP contribution in [-0.4, -0.2) is 48.1 Å². The van der Waals surface area contributed by atoms with E-state index in [4.69, 9.17) is 4.98 Å². The van der Waals surface area contributed by atoms with Gasteiger partial charge < -0.3 is 9.80 Å². The molecule has 1 aliphatic heterocycles. The van der Waals surface area contributed by atoms with E-state index in [0.717, 1.165) is 55.2 Å². The second kappa shape index (κ2) is 5.10. The maximum absolute atomic E-state index is 12.5. The Bertz CT molecular complexity index is 727. The van der Waals surface area contributed by atoms with Crippen LogP contribution < -0.4 is 10.5 Å². The molecular formula is C15H20N4OS. The molecule has 5 nitrogen and oxygen atoms in total. The summed E-state index contributed by atoms with van der Waals surface area (Å²) in [6.45, 7) is 3.89. The fourth-order valence-corrected chi connectivity index (χ4v) is 4.58. The van der Waals surface area contributed by atoms with E-state index >= 15 is 0 Å². The van der Waals surface area contributed by atoms with Crippen LogP contribution in [0.25, 0.3) is 10.2 Å². The molecule has 2 aliphatic rings. The second-order valence-electron chi connectivity index (χ2n) is 6.07. The quantitative estimate of drug-likeness (QED) is 0.870. The molecule has 4 rings (SSSR count). The Morgan fingerprint density at radius 1 is 1.14 bits per heavy atom.